The van der Waals surface area contributed by atoms with Crippen LogP contribution >= 0.6 is 0 Å². The standard InChI is InChI=1S/C25H20F4N4O2S/c26-22-9-8-18(16-21(22)25(27,28)29)36(34,35)33-14-12-32(13-15-33)24-11-10-23(30-31-24)20-7-3-5-17-4-1-2-6-19(17)20/h1-11,16H,12-15H2. The van der Waals surface area contributed by atoms with Gasteiger partial charge in [0.1, 0.15) is 5.82 Å². The van der Waals surface area contributed by atoms with E-state index in [0.29, 0.717) is 23.6 Å². The summed E-state index contributed by atoms with van der Waals surface area (Å²) in [5.41, 5.74) is 0.0397. The van der Waals surface area contributed by atoms with E-state index in [2.05, 4.69) is 10.2 Å². The van der Waals surface area contributed by atoms with Gasteiger partial charge in [-0.1, -0.05) is 42.5 Å². The van der Waals surface area contributed by atoms with Gasteiger partial charge in [0.15, 0.2) is 5.82 Å². The molecule has 4 aromatic rings. The van der Waals surface area contributed by atoms with E-state index in [4.69, 9.17) is 0 Å². The molecular weight excluding hydrogens is 496 g/mol. The molecule has 186 valence electrons. The number of piperazine rings is 1. The molecule has 0 bridgehead atoms. The Morgan fingerprint density at radius 2 is 1.53 bits per heavy atom. The van der Waals surface area contributed by atoms with Gasteiger partial charge >= 0.3 is 6.18 Å². The number of fused-ring (bicyclic) bond motifs is 1. The Morgan fingerprint density at radius 3 is 2.22 bits per heavy atom. The fraction of sp³-hybridized carbons (Fsp3) is 0.200. The number of rotatable bonds is 4. The van der Waals surface area contributed by atoms with E-state index >= 15 is 0 Å². The number of benzene rings is 3. The van der Waals surface area contributed by atoms with Crippen LogP contribution in [-0.4, -0.2) is 49.1 Å². The van der Waals surface area contributed by atoms with Crippen molar-refractivity contribution in [3.63, 3.8) is 0 Å². The second kappa shape index (κ2) is 9.14. The van der Waals surface area contributed by atoms with Crippen molar-refractivity contribution in [1.82, 2.24) is 14.5 Å². The molecule has 2 heterocycles. The van der Waals surface area contributed by atoms with Crippen molar-refractivity contribution in [3.8, 4) is 11.3 Å². The Kier molecular flexibility index (Phi) is 6.13. The lowest BCUT2D eigenvalue weighted by atomic mass is 10.0. The second-order valence-corrected chi connectivity index (χ2v) is 10.3. The Labute approximate surface area is 204 Å². The molecule has 6 nitrogen and oxygen atoms in total. The molecule has 36 heavy (non-hydrogen) atoms. The van der Waals surface area contributed by atoms with E-state index in [1.165, 1.54) is 0 Å². The molecule has 0 radical (unpaired) electrons. The molecule has 5 rings (SSSR count). The van der Waals surface area contributed by atoms with Crippen LogP contribution in [0.2, 0.25) is 0 Å². The quantitative estimate of drug-likeness (QED) is 0.359. The van der Waals surface area contributed by atoms with Crippen LogP contribution in [0, 0.1) is 5.82 Å². The molecule has 0 saturated carbocycles. The molecule has 0 spiro atoms. The van der Waals surface area contributed by atoms with Crippen LogP contribution in [-0.2, 0) is 16.2 Å². The summed E-state index contributed by atoms with van der Waals surface area (Å²) in [6.07, 6.45) is -4.99. The summed E-state index contributed by atoms with van der Waals surface area (Å²) in [6.45, 7) is 0.616. The minimum atomic E-state index is -4.99. The minimum absolute atomic E-state index is 0.0355. The number of sulfonamides is 1. The molecule has 1 fully saturated rings. The van der Waals surface area contributed by atoms with E-state index < -0.39 is 32.5 Å². The maximum absolute atomic E-state index is 13.6. The molecule has 3 aromatic carbocycles. The van der Waals surface area contributed by atoms with Crippen molar-refractivity contribution in [1.29, 1.82) is 0 Å². The van der Waals surface area contributed by atoms with Gasteiger partial charge in [0.25, 0.3) is 0 Å². The summed E-state index contributed by atoms with van der Waals surface area (Å²) in [7, 11) is -4.23. The highest BCUT2D eigenvalue weighted by molar-refractivity contribution is 7.89. The number of aromatic nitrogens is 2. The zero-order valence-corrected chi connectivity index (χ0v) is 19.6. The first-order valence-electron chi connectivity index (χ1n) is 11.1. The largest absolute Gasteiger partial charge is 0.419 e. The fourth-order valence-electron chi connectivity index (χ4n) is 4.28. The number of alkyl halides is 3. The van der Waals surface area contributed by atoms with Gasteiger partial charge in [-0.3, -0.25) is 0 Å². The van der Waals surface area contributed by atoms with Crippen molar-refractivity contribution < 1.29 is 26.0 Å². The van der Waals surface area contributed by atoms with Crippen molar-refractivity contribution >= 4 is 26.6 Å². The highest BCUT2D eigenvalue weighted by Gasteiger charge is 2.37. The van der Waals surface area contributed by atoms with Crippen LogP contribution in [0.3, 0.4) is 0 Å². The first kappa shape index (κ1) is 24.1. The van der Waals surface area contributed by atoms with E-state index in [-0.39, 0.29) is 26.2 Å². The monoisotopic (exact) mass is 516 g/mol. The number of hydrogen-bond donors (Lipinski definition) is 0. The third-order valence-electron chi connectivity index (χ3n) is 6.16. The normalized spacial score (nSPS) is 15.4. The summed E-state index contributed by atoms with van der Waals surface area (Å²) in [5, 5.41) is 10.8. The zero-order chi connectivity index (χ0) is 25.5. The van der Waals surface area contributed by atoms with Gasteiger partial charge in [0.2, 0.25) is 10.0 Å². The van der Waals surface area contributed by atoms with E-state index in [1.807, 2.05) is 59.5 Å². The maximum atomic E-state index is 13.6. The fourth-order valence-corrected chi connectivity index (χ4v) is 5.72. The van der Waals surface area contributed by atoms with Gasteiger partial charge in [-0.15, -0.1) is 10.2 Å². The summed E-state index contributed by atoms with van der Waals surface area (Å²) < 4.78 is 79.7. The highest BCUT2D eigenvalue weighted by Crippen LogP contribution is 2.34. The van der Waals surface area contributed by atoms with Gasteiger partial charge in [0.05, 0.1) is 16.2 Å². The Balaban J connectivity index is 1.31. The molecule has 1 aliphatic rings. The Morgan fingerprint density at radius 1 is 0.806 bits per heavy atom. The highest BCUT2D eigenvalue weighted by atomic mass is 32.2. The topological polar surface area (TPSA) is 66.4 Å². The minimum Gasteiger partial charge on any atom is -0.352 e. The molecule has 0 amide bonds. The molecule has 1 saturated heterocycles. The molecule has 11 heteroatoms. The number of anilines is 1. The van der Waals surface area contributed by atoms with Crippen LogP contribution in [0.4, 0.5) is 23.4 Å². The Hall–Kier alpha value is -3.57. The van der Waals surface area contributed by atoms with Crippen LogP contribution in [0.25, 0.3) is 22.0 Å². The van der Waals surface area contributed by atoms with Crippen LogP contribution in [0.15, 0.2) is 77.7 Å². The van der Waals surface area contributed by atoms with Gasteiger partial charge in [0, 0.05) is 31.7 Å². The summed E-state index contributed by atoms with van der Waals surface area (Å²) >= 11 is 0. The van der Waals surface area contributed by atoms with Crippen LogP contribution in [0.1, 0.15) is 5.56 Å². The van der Waals surface area contributed by atoms with Gasteiger partial charge in [-0.2, -0.15) is 17.5 Å². The average molecular weight is 517 g/mol. The lowest BCUT2D eigenvalue weighted by Crippen LogP contribution is -2.49. The predicted molar refractivity (Wildman–Crippen MR) is 127 cm³/mol. The molecule has 0 aliphatic carbocycles. The number of nitrogens with zero attached hydrogens (tertiary/aromatic N) is 4. The summed E-state index contributed by atoms with van der Waals surface area (Å²) in [4.78, 5) is 1.27. The zero-order valence-electron chi connectivity index (χ0n) is 18.8. The molecule has 0 unspecified atom stereocenters. The van der Waals surface area contributed by atoms with Gasteiger partial charge in [-0.05, 0) is 41.1 Å². The average Bonchev–Trinajstić information content (AvgIpc) is 2.88. The molecule has 0 N–H and O–H groups in total. The van der Waals surface area contributed by atoms with Gasteiger partial charge in [-0.25, -0.2) is 12.8 Å². The molecule has 0 atom stereocenters. The van der Waals surface area contributed by atoms with Crippen molar-refractivity contribution in [2.75, 3.05) is 31.1 Å². The third kappa shape index (κ3) is 4.51. The van der Waals surface area contributed by atoms with Crippen molar-refractivity contribution in [2.24, 2.45) is 0 Å². The van der Waals surface area contributed by atoms with E-state index in [1.54, 1.807) is 0 Å². The Bertz CT molecular complexity index is 1510. The van der Waals surface area contributed by atoms with Gasteiger partial charge < -0.3 is 4.90 Å². The number of halogens is 4. The molecule has 1 aliphatic heterocycles. The lowest BCUT2D eigenvalue weighted by molar-refractivity contribution is -0.140. The summed E-state index contributed by atoms with van der Waals surface area (Å²) in [6, 6.07) is 19.3. The van der Waals surface area contributed by atoms with Crippen molar-refractivity contribution in [3.05, 3.63) is 84.2 Å². The molecule has 1 aromatic heterocycles. The lowest BCUT2D eigenvalue weighted by Gasteiger charge is -2.34. The maximum Gasteiger partial charge on any atom is 0.419 e. The molecular formula is C25H20F4N4O2S. The smallest absolute Gasteiger partial charge is 0.352 e. The number of hydrogen-bond acceptors (Lipinski definition) is 5. The van der Waals surface area contributed by atoms with E-state index in [9.17, 15) is 26.0 Å². The summed E-state index contributed by atoms with van der Waals surface area (Å²) in [5.74, 6) is -0.950. The van der Waals surface area contributed by atoms with E-state index in [0.717, 1.165) is 26.7 Å². The van der Waals surface area contributed by atoms with Crippen LogP contribution in [0.5, 0.6) is 0 Å². The van der Waals surface area contributed by atoms with Crippen molar-refractivity contribution in [2.45, 2.75) is 11.1 Å². The first-order chi connectivity index (χ1) is 17.1. The first-order valence-corrected chi connectivity index (χ1v) is 12.5. The second-order valence-electron chi connectivity index (χ2n) is 8.33. The predicted octanol–water partition coefficient (Wildman–Crippen LogP) is 4.97. The SMILES string of the molecule is O=S(=O)(c1ccc(F)c(C(F)(F)F)c1)N1CCN(c2ccc(-c3cccc4ccccc34)nn2)CC1. The van der Waals surface area contributed by atoms with Crippen LogP contribution < -0.4 is 4.90 Å². The third-order valence-corrected chi connectivity index (χ3v) is 8.05.